The molecule has 1 aliphatic rings. The highest BCUT2D eigenvalue weighted by molar-refractivity contribution is 5.34. The van der Waals surface area contributed by atoms with Gasteiger partial charge in [-0.1, -0.05) is 5.16 Å². The van der Waals surface area contributed by atoms with E-state index in [4.69, 9.17) is 9.26 Å². The third-order valence-electron chi connectivity index (χ3n) is 4.17. The molecule has 0 N–H and O–H groups in total. The summed E-state index contributed by atoms with van der Waals surface area (Å²) >= 11 is 0. The number of methoxy groups -OCH3 is 1. The van der Waals surface area contributed by atoms with Gasteiger partial charge >= 0.3 is 0 Å². The largest absolute Gasteiger partial charge is 0.380 e. The number of rotatable bonds is 4. The fourth-order valence-corrected chi connectivity index (χ4v) is 2.99. The lowest BCUT2D eigenvalue weighted by Gasteiger charge is -2.29. The normalized spacial score (nSPS) is 15.2. The van der Waals surface area contributed by atoms with Crippen LogP contribution in [0.5, 0.6) is 0 Å². The number of fused-ring (bicyclic) bond motifs is 1. The molecule has 0 radical (unpaired) electrons. The van der Waals surface area contributed by atoms with Gasteiger partial charge in [0, 0.05) is 44.7 Å². The van der Waals surface area contributed by atoms with Gasteiger partial charge in [0.05, 0.1) is 12.3 Å². The molecule has 2 aromatic rings. The van der Waals surface area contributed by atoms with Crippen LogP contribution in [0.2, 0.25) is 0 Å². The first kappa shape index (κ1) is 14.2. The van der Waals surface area contributed by atoms with Crippen molar-refractivity contribution in [1.29, 1.82) is 0 Å². The van der Waals surface area contributed by atoms with Gasteiger partial charge in [-0.05, 0) is 37.0 Å². The van der Waals surface area contributed by atoms with Crippen LogP contribution in [0.25, 0.3) is 0 Å². The number of hydrogen-bond donors (Lipinski definition) is 0. The van der Waals surface area contributed by atoms with Crippen molar-refractivity contribution in [1.82, 2.24) is 15.0 Å². The molecule has 0 aliphatic carbocycles. The summed E-state index contributed by atoms with van der Waals surface area (Å²) in [7, 11) is 1.73. The van der Waals surface area contributed by atoms with Crippen LogP contribution in [0, 0.1) is 13.8 Å². The number of pyridine rings is 1. The smallest absolute Gasteiger partial charge is 0.138 e. The molecule has 2 aromatic heterocycles. The van der Waals surface area contributed by atoms with E-state index in [2.05, 4.69) is 15.0 Å². The molecule has 0 saturated carbocycles. The van der Waals surface area contributed by atoms with Gasteiger partial charge in [0.2, 0.25) is 0 Å². The van der Waals surface area contributed by atoms with Crippen molar-refractivity contribution in [2.45, 2.75) is 40.0 Å². The zero-order valence-corrected chi connectivity index (χ0v) is 12.8. The molecule has 1 aliphatic heterocycles. The Morgan fingerprint density at radius 2 is 2.19 bits per heavy atom. The van der Waals surface area contributed by atoms with Crippen molar-refractivity contribution >= 4 is 0 Å². The van der Waals surface area contributed by atoms with Crippen molar-refractivity contribution in [2.24, 2.45) is 0 Å². The number of ether oxygens (including phenoxy) is 1. The van der Waals surface area contributed by atoms with Gasteiger partial charge in [-0.15, -0.1) is 0 Å². The van der Waals surface area contributed by atoms with Gasteiger partial charge in [0.1, 0.15) is 5.76 Å². The van der Waals surface area contributed by atoms with E-state index in [1.165, 1.54) is 22.3 Å². The Morgan fingerprint density at radius 3 is 2.90 bits per heavy atom. The van der Waals surface area contributed by atoms with Gasteiger partial charge in [0.15, 0.2) is 0 Å². The van der Waals surface area contributed by atoms with Gasteiger partial charge in [-0.3, -0.25) is 9.88 Å². The molecule has 3 heterocycles. The molecule has 0 bridgehead atoms. The number of hydrogen-bond acceptors (Lipinski definition) is 5. The summed E-state index contributed by atoms with van der Waals surface area (Å²) in [5.74, 6) is 0.921. The number of aromatic nitrogens is 2. The Morgan fingerprint density at radius 1 is 1.33 bits per heavy atom. The van der Waals surface area contributed by atoms with E-state index >= 15 is 0 Å². The second-order valence-corrected chi connectivity index (χ2v) is 5.63. The van der Waals surface area contributed by atoms with Crippen LogP contribution in [0.1, 0.15) is 33.7 Å². The molecular formula is C16H21N3O2. The highest BCUT2D eigenvalue weighted by Crippen LogP contribution is 2.24. The monoisotopic (exact) mass is 287 g/mol. The van der Waals surface area contributed by atoms with E-state index in [0.29, 0.717) is 6.61 Å². The van der Waals surface area contributed by atoms with Crippen LogP contribution >= 0.6 is 0 Å². The van der Waals surface area contributed by atoms with Crippen LogP contribution in [0.4, 0.5) is 0 Å². The van der Waals surface area contributed by atoms with Crippen LogP contribution < -0.4 is 0 Å². The zero-order chi connectivity index (χ0) is 14.8. The van der Waals surface area contributed by atoms with E-state index in [0.717, 1.165) is 37.5 Å². The van der Waals surface area contributed by atoms with Crippen molar-refractivity contribution in [2.75, 3.05) is 13.7 Å². The standard InChI is InChI=1S/C16H21N3O2/c1-11-16(12(2)21-18-11)9-19-5-4-15-13(8-19)6-17-7-14(15)10-20-3/h6-7H,4-5,8-10H2,1-3H3. The summed E-state index contributed by atoms with van der Waals surface area (Å²) in [6, 6.07) is 0. The minimum atomic E-state index is 0.639. The molecule has 0 spiro atoms. The van der Waals surface area contributed by atoms with Gasteiger partial charge in [0.25, 0.3) is 0 Å². The Kier molecular flexibility index (Phi) is 4.03. The van der Waals surface area contributed by atoms with E-state index < -0.39 is 0 Å². The number of aryl methyl sites for hydroxylation is 2. The van der Waals surface area contributed by atoms with Crippen LogP contribution in [0.15, 0.2) is 16.9 Å². The van der Waals surface area contributed by atoms with E-state index in [9.17, 15) is 0 Å². The maximum absolute atomic E-state index is 5.26. The first-order chi connectivity index (χ1) is 10.2. The van der Waals surface area contributed by atoms with Crippen molar-refractivity contribution in [3.8, 4) is 0 Å². The summed E-state index contributed by atoms with van der Waals surface area (Å²) in [6.07, 6.45) is 4.94. The van der Waals surface area contributed by atoms with Crippen molar-refractivity contribution in [3.63, 3.8) is 0 Å². The van der Waals surface area contributed by atoms with Crippen molar-refractivity contribution in [3.05, 3.63) is 46.1 Å². The summed E-state index contributed by atoms with van der Waals surface area (Å²) in [4.78, 5) is 6.77. The van der Waals surface area contributed by atoms with Crippen LogP contribution in [-0.2, 0) is 30.9 Å². The molecule has 0 fully saturated rings. The van der Waals surface area contributed by atoms with Crippen LogP contribution in [0.3, 0.4) is 0 Å². The van der Waals surface area contributed by atoms with Gasteiger partial charge in [-0.25, -0.2) is 0 Å². The summed E-state index contributed by atoms with van der Waals surface area (Å²) < 4.78 is 10.5. The first-order valence-electron chi connectivity index (χ1n) is 7.26. The summed E-state index contributed by atoms with van der Waals surface area (Å²) in [6.45, 7) is 7.46. The maximum Gasteiger partial charge on any atom is 0.138 e. The predicted molar refractivity (Wildman–Crippen MR) is 78.7 cm³/mol. The van der Waals surface area contributed by atoms with Gasteiger partial charge < -0.3 is 9.26 Å². The maximum atomic E-state index is 5.26. The Hall–Kier alpha value is -1.72. The minimum Gasteiger partial charge on any atom is -0.380 e. The van der Waals surface area contributed by atoms with E-state index in [1.807, 2.05) is 26.2 Å². The van der Waals surface area contributed by atoms with Crippen LogP contribution in [-0.4, -0.2) is 28.7 Å². The molecule has 112 valence electrons. The first-order valence-corrected chi connectivity index (χ1v) is 7.26. The minimum absolute atomic E-state index is 0.639. The molecule has 0 amide bonds. The lowest BCUT2D eigenvalue weighted by atomic mass is 9.97. The fraction of sp³-hybridized carbons (Fsp3) is 0.500. The zero-order valence-electron chi connectivity index (χ0n) is 12.8. The lowest BCUT2D eigenvalue weighted by Crippen LogP contribution is -2.31. The van der Waals surface area contributed by atoms with E-state index in [-0.39, 0.29) is 0 Å². The molecule has 5 heteroatoms. The third kappa shape index (κ3) is 2.84. The topological polar surface area (TPSA) is 51.4 Å². The molecule has 0 aromatic carbocycles. The van der Waals surface area contributed by atoms with E-state index in [1.54, 1.807) is 7.11 Å². The average molecular weight is 287 g/mol. The Bertz CT molecular complexity index is 617. The quantitative estimate of drug-likeness (QED) is 0.864. The molecule has 0 saturated heterocycles. The molecule has 0 unspecified atom stereocenters. The Labute approximate surface area is 124 Å². The average Bonchev–Trinajstić information content (AvgIpc) is 2.80. The highest BCUT2D eigenvalue weighted by Gasteiger charge is 2.21. The molecule has 5 nitrogen and oxygen atoms in total. The second-order valence-electron chi connectivity index (χ2n) is 5.63. The lowest BCUT2D eigenvalue weighted by molar-refractivity contribution is 0.181. The summed E-state index contributed by atoms with van der Waals surface area (Å²) in [5.41, 5.74) is 6.13. The molecular weight excluding hydrogens is 266 g/mol. The highest BCUT2D eigenvalue weighted by atomic mass is 16.5. The molecule has 0 atom stereocenters. The summed E-state index contributed by atoms with van der Waals surface area (Å²) in [5, 5.41) is 4.03. The second kappa shape index (κ2) is 5.95. The van der Waals surface area contributed by atoms with Gasteiger partial charge in [-0.2, -0.15) is 0 Å². The Balaban J connectivity index is 1.77. The molecule has 21 heavy (non-hydrogen) atoms. The SMILES string of the molecule is COCc1cncc2c1CCN(Cc1c(C)noc1C)C2. The fourth-order valence-electron chi connectivity index (χ4n) is 2.99. The molecule has 3 rings (SSSR count). The predicted octanol–water partition coefficient (Wildman–Crippen LogP) is 2.39. The van der Waals surface area contributed by atoms with Crippen molar-refractivity contribution < 1.29 is 9.26 Å². The third-order valence-corrected chi connectivity index (χ3v) is 4.17. The number of nitrogens with zero attached hydrogens (tertiary/aromatic N) is 3.